The number of nitrogens with zero attached hydrogens (tertiary/aromatic N) is 1. The molecular formula is C13H11N3S. The Hall–Kier alpha value is -1.94. The Morgan fingerprint density at radius 1 is 1.12 bits per heavy atom. The third-order valence-corrected chi connectivity index (χ3v) is 2.91. The van der Waals surface area contributed by atoms with Gasteiger partial charge < -0.3 is 5.41 Å². The fourth-order valence-electron chi connectivity index (χ4n) is 1.47. The van der Waals surface area contributed by atoms with Gasteiger partial charge in [0, 0.05) is 18.0 Å². The van der Waals surface area contributed by atoms with E-state index in [1.54, 1.807) is 6.20 Å². The second kappa shape index (κ2) is 5.41. The number of nitrogens with one attached hydrogen (secondary N) is 2. The summed E-state index contributed by atoms with van der Waals surface area (Å²) in [5, 5.41) is 15.0. The molecule has 1 aromatic heterocycles. The average Bonchev–Trinajstić information content (AvgIpc) is 2.40. The van der Waals surface area contributed by atoms with Crippen molar-refractivity contribution in [2.45, 2.75) is 0 Å². The molecule has 0 unspecified atom stereocenters. The summed E-state index contributed by atoms with van der Waals surface area (Å²) in [5.74, 6) is 0. The Morgan fingerprint density at radius 2 is 1.88 bits per heavy atom. The lowest BCUT2D eigenvalue weighted by atomic mass is 10.1. The van der Waals surface area contributed by atoms with Gasteiger partial charge in [0.1, 0.15) is 0 Å². The van der Waals surface area contributed by atoms with Crippen LogP contribution in [-0.2, 0) is 0 Å². The number of thioether (sulfide) groups is 1. The van der Waals surface area contributed by atoms with Gasteiger partial charge in [0.05, 0.1) is 10.6 Å². The molecule has 0 amide bonds. The van der Waals surface area contributed by atoms with Gasteiger partial charge >= 0.3 is 0 Å². The number of pyridine rings is 1. The van der Waals surface area contributed by atoms with Crippen molar-refractivity contribution in [3.05, 3.63) is 54.4 Å². The molecule has 0 spiro atoms. The van der Waals surface area contributed by atoms with Crippen LogP contribution in [0, 0.1) is 10.8 Å². The first kappa shape index (κ1) is 11.5. The lowest BCUT2D eigenvalue weighted by molar-refractivity contribution is 1.33. The second-order valence-electron chi connectivity index (χ2n) is 3.38. The van der Waals surface area contributed by atoms with E-state index in [1.165, 1.54) is 0 Å². The van der Waals surface area contributed by atoms with Crippen LogP contribution in [0.2, 0.25) is 0 Å². The van der Waals surface area contributed by atoms with Crippen LogP contribution in [0.1, 0.15) is 5.56 Å². The minimum atomic E-state index is 0.387. The van der Waals surface area contributed by atoms with Crippen LogP contribution in [0.25, 0.3) is 11.1 Å². The molecule has 1 aromatic carbocycles. The molecule has 3 nitrogen and oxygen atoms in total. The van der Waals surface area contributed by atoms with Gasteiger partial charge in [-0.3, -0.25) is 10.4 Å². The first-order valence-electron chi connectivity index (χ1n) is 5.06. The zero-order chi connectivity index (χ0) is 12.1. The van der Waals surface area contributed by atoms with Crippen LogP contribution in [0.15, 0.2) is 48.8 Å². The zero-order valence-electron chi connectivity index (χ0n) is 9.05. The lowest BCUT2D eigenvalue weighted by Crippen LogP contribution is -1.92. The molecule has 0 aliphatic rings. The summed E-state index contributed by atoms with van der Waals surface area (Å²) in [5.41, 5.74) is 4.13. The SMILES string of the molecule is N=CSC(=N)c1ccc(-c2cccnc2)cc1. The van der Waals surface area contributed by atoms with Crippen molar-refractivity contribution in [2.75, 3.05) is 0 Å². The van der Waals surface area contributed by atoms with Crippen molar-refractivity contribution in [3.63, 3.8) is 0 Å². The quantitative estimate of drug-likeness (QED) is 0.639. The highest BCUT2D eigenvalue weighted by Crippen LogP contribution is 2.19. The fraction of sp³-hybridized carbons (Fsp3) is 0. The molecule has 17 heavy (non-hydrogen) atoms. The van der Waals surface area contributed by atoms with Crippen LogP contribution in [0.5, 0.6) is 0 Å². The lowest BCUT2D eigenvalue weighted by Gasteiger charge is -2.03. The van der Waals surface area contributed by atoms with E-state index in [9.17, 15) is 0 Å². The molecule has 0 bridgehead atoms. The standard InChI is InChI=1S/C13H11N3S/c14-9-17-13(15)11-5-3-10(4-6-11)12-2-1-7-16-8-12/h1-9,14-15H. The van der Waals surface area contributed by atoms with E-state index in [1.807, 2.05) is 42.6 Å². The van der Waals surface area contributed by atoms with Gasteiger partial charge in [-0.2, -0.15) is 0 Å². The van der Waals surface area contributed by atoms with Gasteiger partial charge in [0.25, 0.3) is 0 Å². The van der Waals surface area contributed by atoms with E-state index in [4.69, 9.17) is 10.8 Å². The van der Waals surface area contributed by atoms with Gasteiger partial charge in [0.2, 0.25) is 0 Å². The van der Waals surface area contributed by atoms with Gasteiger partial charge in [-0.25, -0.2) is 0 Å². The normalized spacial score (nSPS) is 9.88. The van der Waals surface area contributed by atoms with Crippen LogP contribution < -0.4 is 0 Å². The van der Waals surface area contributed by atoms with Gasteiger partial charge in [0.15, 0.2) is 0 Å². The highest BCUT2D eigenvalue weighted by molar-refractivity contribution is 8.25. The third-order valence-electron chi connectivity index (χ3n) is 2.32. The number of rotatable bonds is 3. The van der Waals surface area contributed by atoms with Crippen molar-refractivity contribution in [3.8, 4) is 11.1 Å². The molecule has 0 aliphatic carbocycles. The molecule has 84 valence electrons. The molecule has 0 saturated carbocycles. The number of benzene rings is 1. The van der Waals surface area contributed by atoms with Gasteiger partial charge in [-0.05, 0) is 17.2 Å². The van der Waals surface area contributed by atoms with Crippen LogP contribution in [-0.4, -0.2) is 15.6 Å². The van der Waals surface area contributed by atoms with Crippen molar-refractivity contribution in [1.82, 2.24) is 4.98 Å². The maximum Gasteiger partial charge on any atom is 0.0999 e. The van der Waals surface area contributed by atoms with Crippen LogP contribution in [0.4, 0.5) is 0 Å². The van der Waals surface area contributed by atoms with E-state index in [0.29, 0.717) is 5.04 Å². The number of hydrogen-bond acceptors (Lipinski definition) is 4. The first-order valence-corrected chi connectivity index (χ1v) is 5.94. The molecule has 0 saturated heterocycles. The Morgan fingerprint density at radius 3 is 2.47 bits per heavy atom. The van der Waals surface area contributed by atoms with Gasteiger partial charge in [-0.15, -0.1) is 0 Å². The Kier molecular flexibility index (Phi) is 3.67. The summed E-state index contributed by atoms with van der Waals surface area (Å²) in [6.45, 7) is 0. The summed E-state index contributed by atoms with van der Waals surface area (Å²) in [7, 11) is 0. The van der Waals surface area contributed by atoms with E-state index in [0.717, 1.165) is 34.0 Å². The number of hydrogen-bond donors (Lipinski definition) is 2. The third kappa shape index (κ3) is 2.79. The minimum Gasteiger partial charge on any atom is -0.301 e. The Bertz CT molecular complexity index is 520. The second-order valence-corrected chi connectivity index (χ2v) is 4.26. The summed E-state index contributed by atoms with van der Waals surface area (Å²) >= 11 is 1.10. The van der Waals surface area contributed by atoms with E-state index in [-0.39, 0.29) is 0 Å². The molecule has 0 fully saturated rings. The largest absolute Gasteiger partial charge is 0.301 e. The molecule has 1 heterocycles. The number of aromatic nitrogens is 1. The predicted molar refractivity (Wildman–Crippen MR) is 72.9 cm³/mol. The monoisotopic (exact) mass is 241 g/mol. The van der Waals surface area contributed by atoms with E-state index < -0.39 is 0 Å². The maximum absolute atomic E-state index is 7.70. The predicted octanol–water partition coefficient (Wildman–Crippen LogP) is 3.41. The summed E-state index contributed by atoms with van der Waals surface area (Å²) in [6.07, 6.45) is 3.56. The molecule has 0 radical (unpaired) electrons. The smallest absolute Gasteiger partial charge is 0.0999 e. The summed E-state index contributed by atoms with van der Waals surface area (Å²) in [4.78, 5) is 4.07. The van der Waals surface area contributed by atoms with Crippen LogP contribution in [0.3, 0.4) is 0 Å². The molecular weight excluding hydrogens is 230 g/mol. The van der Waals surface area contributed by atoms with E-state index in [2.05, 4.69) is 4.98 Å². The first-order chi connectivity index (χ1) is 8.31. The molecule has 2 aromatic rings. The maximum atomic E-state index is 7.70. The molecule has 2 rings (SSSR count). The van der Waals surface area contributed by atoms with Crippen LogP contribution >= 0.6 is 11.8 Å². The summed E-state index contributed by atoms with van der Waals surface area (Å²) in [6, 6.07) is 11.6. The van der Waals surface area contributed by atoms with Crippen molar-refractivity contribution < 1.29 is 0 Å². The highest BCUT2D eigenvalue weighted by atomic mass is 32.2. The molecule has 0 aliphatic heterocycles. The fourth-order valence-corrected chi connectivity index (χ4v) is 1.86. The Labute approximate surface area is 104 Å². The average molecular weight is 241 g/mol. The molecule has 0 atom stereocenters. The van der Waals surface area contributed by atoms with Gasteiger partial charge in [-0.1, -0.05) is 42.1 Å². The molecule has 2 N–H and O–H groups in total. The summed E-state index contributed by atoms with van der Waals surface area (Å²) < 4.78 is 0. The minimum absolute atomic E-state index is 0.387. The van der Waals surface area contributed by atoms with Crippen molar-refractivity contribution in [1.29, 1.82) is 10.8 Å². The topological polar surface area (TPSA) is 60.6 Å². The van der Waals surface area contributed by atoms with E-state index >= 15 is 0 Å². The Balaban J connectivity index is 2.24. The zero-order valence-corrected chi connectivity index (χ0v) is 9.87. The highest BCUT2D eigenvalue weighted by Gasteiger charge is 2.01. The molecule has 4 heteroatoms. The van der Waals surface area contributed by atoms with Crippen molar-refractivity contribution in [2.24, 2.45) is 0 Å². The van der Waals surface area contributed by atoms with Crippen molar-refractivity contribution >= 4 is 22.4 Å².